The highest BCUT2D eigenvalue weighted by atomic mass is 16.7. The normalized spacial score (nSPS) is 17.9. The zero-order valence-electron chi connectivity index (χ0n) is 29.8. The Bertz CT molecular complexity index is 1670. The molecule has 9 heteroatoms. The van der Waals surface area contributed by atoms with Gasteiger partial charge in [-0.1, -0.05) is 104 Å². The van der Waals surface area contributed by atoms with Crippen molar-refractivity contribution >= 4 is 23.2 Å². The number of nitrogen functional groups attached to an aromatic ring is 1. The van der Waals surface area contributed by atoms with E-state index >= 15 is 0 Å². The summed E-state index contributed by atoms with van der Waals surface area (Å²) in [6.07, 6.45) is 4.14. The number of benzene rings is 4. The summed E-state index contributed by atoms with van der Waals surface area (Å²) in [5.41, 5.74) is 12.2. The number of carbonyl (C=O) groups is 2. The van der Waals surface area contributed by atoms with E-state index in [-0.39, 0.29) is 36.7 Å². The van der Waals surface area contributed by atoms with Gasteiger partial charge in [-0.05, 0) is 61.2 Å². The highest BCUT2D eigenvalue weighted by molar-refractivity contribution is 5.93. The zero-order valence-corrected chi connectivity index (χ0v) is 29.8. The Labute approximate surface area is 302 Å². The molecule has 1 saturated heterocycles. The molecule has 0 saturated carbocycles. The van der Waals surface area contributed by atoms with Gasteiger partial charge in [-0.15, -0.1) is 0 Å². The van der Waals surface area contributed by atoms with Crippen LogP contribution >= 0.6 is 0 Å². The lowest BCUT2D eigenvalue weighted by atomic mass is 9.99. The second-order valence-corrected chi connectivity index (χ2v) is 13.4. The minimum atomic E-state index is -0.544. The predicted octanol–water partition coefficient (Wildman–Crippen LogP) is 7.60. The molecule has 4 atom stereocenters. The van der Waals surface area contributed by atoms with Crippen LogP contribution in [0.5, 0.6) is 0 Å². The number of amides is 2. The fourth-order valence-electron chi connectivity index (χ4n) is 6.33. The van der Waals surface area contributed by atoms with Gasteiger partial charge in [-0.3, -0.25) is 14.5 Å². The van der Waals surface area contributed by atoms with E-state index in [2.05, 4.69) is 53.8 Å². The molecule has 0 bridgehead atoms. The van der Waals surface area contributed by atoms with Crippen LogP contribution in [0.25, 0.3) is 0 Å². The van der Waals surface area contributed by atoms with E-state index in [1.165, 1.54) is 5.56 Å². The van der Waals surface area contributed by atoms with E-state index < -0.39 is 6.29 Å². The van der Waals surface area contributed by atoms with Gasteiger partial charge in [0.25, 0.3) is 0 Å². The maximum Gasteiger partial charge on any atom is 0.224 e. The number of likely N-dealkylation sites (N-methyl/N-ethyl adjacent to an activating group) is 1. The van der Waals surface area contributed by atoms with Crippen LogP contribution in [0.4, 0.5) is 11.4 Å². The van der Waals surface area contributed by atoms with Gasteiger partial charge in [0.05, 0.1) is 30.2 Å². The summed E-state index contributed by atoms with van der Waals surface area (Å²) in [5, 5.41) is 15.4. The molecule has 1 fully saturated rings. The van der Waals surface area contributed by atoms with Gasteiger partial charge >= 0.3 is 0 Å². The number of unbranched alkanes of at least 4 members (excludes halogenated alkanes) is 3. The lowest BCUT2D eigenvalue weighted by molar-refractivity contribution is -0.253. The molecule has 0 aliphatic carbocycles. The van der Waals surface area contributed by atoms with Crippen molar-refractivity contribution < 1.29 is 24.2 Å². The molecule has 2 amide bonds. The van der Waals surface area contributed by atoms with Gasteiger partial charge < -0.3 is 30.9 Å². The van der Waals surface area contributed by atoms with Crippen LogP contribution in [0.1, 0.15) is 98.1 Å². The fraction of sp³-hybridized carbons (Fsp3) is 0.381. The Morgan fingerprint density at radius 1 is 0.804 bits per heavy atom. The molecule has 5 rings (SSSR count). The van der Waals surface area contributed by atoms with E-state index in [1.807, 2.05) is 66.7 Å². The molecule has 0 spiro atoms. The molecule has 4 aromatic rings. The summed E-state index contributed by atoms with van der Waals surface area (Å²) < 4.78 is 13.1. The number of rotatable bonds is 17. The van der Waals surface area contributed by atoms with E-state index in [0.29, 0.717) is 37.2 Å². The molecule has 0 unspecified atom stereocenters. The summed E-state index contributed by atoms with van der Waals surface area (Å²) in [6.45, 7) is 3.40. The lowest BCUT2D eigenvalue weighted by Crippen LogP contribution is -2.38. The number of aliphatic hydroxyl groups is 1. The van der Waals surface area contributed by atoms with Crippen LogP contribution < -0.4 is 16.4 Å². The van der Waals surface area contributed by atoms with E-state index in [1.54, 1.807) is 12.1 Å². The van der Waals surface area contributed by atoms with E-state index in [0.717, 1.165) is 54.5 Å². The van der Waals surface area contributed by atoms with Gasteiger partial charge in [0, 0.05) is 44.0 Å². The van der Waals surface area contributed by atoms with Crippen molar-refractivity contribution in [2.75, 3.05) is 24.6 Å². The Morgan fingerprint density at radius 3 is 2.12 bits per heavy atom. The SMILES string of the molecule is C[C@@H](c1ccccc1)N(C)C[C@@H]1C[C@H](c2ccc(CO)cc2)O[C@H](c2ccc(CNC(=O)CCCCCCC(=O)Nc3ccccc3N)cc2)O1. The van der Waals surface area contributed by atoms with Gasteiger partial charge in [0.2, 0.25) is 11.8 Å². The van der Waals surface area contributed by atoms with Crippen LogP contribution in [0.2, 0.25) is 0 Å². The summed E-state index contributed by atoms with van der Waals surface area (Å²) in [5.74, 6) is -0.0328. The number of nitrogens with zero attached hydrogens (tertiary/aromatic N) is 1. The van der Waals surface area contributed by atoms with Crippen molar-refractivity contribution in [2.45, 2.75) is 89.6 Å². The highest BCUT2D eigenvalue weighted by Gasteiger charge is 2.33. The Morgan fingerprint density at radius 2 is 1.43 bits per heavy atom. The predicted molar refractivity (Wildman–Crippen MR) is 201 cm³/mol. The first kappa shape index (κ1) is 37.7. The molecule has 1 aliphatic heterocycles. The third-order valence-corrected chi connectivity index (χ3v) is 9.58. The molecule has 270 valence electrons. The van der Waals surface area contributed by atoms with Crippen molar-refractivity contribution in [2.24, 2.45) is 0 Å². The number of hydrogen-bond acceptors (Lipinski definition) is 7. The quantitative estimate of drug-likeness (QED) is 0.0664. The number of aliphatic hydroxyl groups excluding tert-OH is 1. The number of nitrogens with one attached hydrogen (secondary N) is 2. The van der Waals surface area contributed by atoms with Crippen molar-refractivity contribution in [3.05, 3.63) is 131 Å². The molecule has 4 aromatic carbocycles. The number of nitrogens with two attached hydrogens (primary N) is 1. The van der Waals surface area contributed by atoms with Crippen LogP contribution in [0.3, 0.4) is 0 Å². The van der Waals surface area contributed by atoms with Crippen LogP contribution in [-0.2, 0) is 32.2 Å². The highest BCUT2D eigenvalue weighted by Crippen LogP contribution is 2.38. The maximum absolute atomic E-state index is 12.5. The van der Waals surface area contributed by atoms with Crippen LogP contribution in [0, 0.1) is 0 Å². The smallest absolute Gasteiger partial charge is 0.224 e. The summed E-state index contributed by atoms with van der Waals surface area (Å²) in [4.78, 5) is 27.1. The largest absolute Gasteiger partial charge is 0.397 e. The van der Waals surface area contributed by atoms with E-state index in [9.17, 15) is 14.7 Å². The minimum Gasteiger partial charge on any atom is -0.397 e. The average Bonchev–Trinajstić information content (AvgIpc) is 3.16. The Kier molecular flexibility index (Phi) is 14.2. The third-order valence-electron chi connectivity index (χ3n) is 9.58. The van der Waals surface area contributed by atoms with Crippen LogP contribution in [-0.4, -0.2) is 41.5 Å². The third kappa shape index (κ3) is 11.5. The second-order valence-electron chi connectivity index (χ2n) is 13.4. The first-order valence-corrected chi connectivity index (χ1v) is 18.0. The molecule has 0 aromatic heterocycles. The number of anilines is 2. The van der Waals surface area contributed by atoms with Crippen molar-refractivity contribution in [1.82, 2.24) is 10.2 Å². The first-order chi connectivity index (χ1) is 24.8. The van der Waals surface area contributed by atoms with Crippen molar-refractivity contribution in [1.29, 1.82) is 0 Å². The minimum absolute atomic E-state index is 0.00310. The molecule has 0 radical (unpaired) electrons. The summed E-state index contributed by atoms with van der Waals surface area (Å²) in [7, 11) is 2.13. The molecular weight excluding hydrogens is 640 g/mol. The monoisotopic (exact) mass is 692 g/mol. The molecule has 1 heterocycles. The second kappa shape index (κ2) is 19.2. The van der Waals surface area contributed by atoms with Crippen LogP contribution in [0.15, 0.2) is 103 Å². The molecule has 9 nitrogen and oxygen atoms in total. The molecule has 51 heavy (non-hydrogen) atoms. The fourth-order valence-corrected chi connectivity index (χ4v) is 6.33. The van der Waals surface area contributed by atoms with Gasteiger partial charge in [0.1, 0.15) is 0 Å². The number of ether oxygens (including phenoxy) is 2. The van der Waals surface area contributed by atoms with Crippen molar-refractivity contribution in [3.63, 3.8) is 0 Å². The summed E-state index contributed by atoms with van der Waals surface area (Å²) >= 11 is 0. The van der Waals surface area contributed by atoms with Crippen molar-refractivity contribution in [3.8, 4) is 0 Å². The lowest BCUT2D eigenvalue weighted by Gasteiger charge is -2.39. The van der Waals surface area contributed by atoms with Gasteiger partial charge in [0.15, 0.2) is 6.29 Å². The molecule has 5 N–H and O–H groups in total. The molecular formula is C42H52N4O5. The Hall–Kier alpha value is -4.54. The van der Waals surface area contributed by atoms with Gasteiger partial charge in [-0.25, -0.2) is 0 Å². The summed E-state index contributed by atoms with van der Waals surface area (Å²) in [6, 6.07) is 33.9. The maximum atomic E-state index is 12.5. The standard InChI is InChI=1S/C42H52N4O5/c1-30(33-12-6-5-7-13-33)46(2)28-36-26-39(34-22-20-32(29-47)21-23-34)51-42(50-36)35-24-18-31(19-25-35)27-44-40(48)16-8-3-4-9-17-41(49)45-38-15-11-10-14-37(38)43/h5-7,10-15,18-25,30,36,39,42,47H,3-4,8-9,16-17,26-29,43H2,1-2H3,(H,44,48)(H,45,49)/t30-,36-,39+,42+/m0/s1. The van der Waals surface area contributed by atoms with Gasteiger partial charge in [-0.2, -0.15) is 0 Å². The zero-order chi connectivity index (χ0) is 36.0. The topological polar surface area (TPSA) is 126 Å². The molecule has 1 aliphatic rings. The average molecular weight is 693 g/mol. The first-order valence-electron chi connectivity index (χ1n) is 18.0. The number of hydrogen-bond donors (Lipinski definition) is 4. The number of carbonyl (C=O) groups excluding carboxylic acids is 2. The van der Waals surface area contributed by atoms with E-state index in [4.69, 9.17) is 15.2 Å². The number of para-hydroxylation sites is 2. The Balaban J connectivity index is 1.08.